The van der Waals surface area contributed by atoms with Gasteiger partial charge < -0.3 is 76.1 Å². The van der Waals surface area contributed by atoms with Crippen LogP contribution in [0.25, 0.3) is 0 Å². The Labute approximate surface area is 433 Å². The van der Waals surface area contributed by atoms with Crippen molar-refractivity contribution in [2.24, 2.45) is 40.7 Å². The van der Waals surface area contributed by atoms with Gasteiger partial charge in [0, 0.05) is 0 Å². The van der Waals surface area contributed by atoms with Crippen molar-refractivity contribution in [3.63, 3.8) is 0 Å². The van der Waals surface area contributed by atoms with Crippen LogP contribution >= 0.6 is 0 Å². The van der Waals surface area contributed by atoms with E-state index in [1.54, 1.807) is 7.05 Å². The van der Waals surface area contributed by atoms with Crippen LogP contribution in [0, 0.1) is 17.8 Å². The molecule has 0 spiro atoms. The van der Waals surface area contributed by atoms with Crippen molar-refractivity contribution in [2.75, 3.05) is 26.7 Å². The van der Waals surface area contributed by atoms with Crippen molar-refractivity contribution >= 4 is 59.1 Å². The molecule has 0 rings (SSSR count). The Hall–Kier alpha value is -5.46. The lowest BCUT2D eigenvalue weighted by atomic mass is 10.00. The molecule has 0 aromatic rings. The van der Waals surface area contributed by atoms with Crippen LogP contribution in [0.1, 0.15) is 146 Å². The van der Waals surface area contributed by atoms with Gasteiger partial charge in [-0.1, -0.05) is 48.0 Å². The van der Waals surface area contributed by atoms with Crippen LogP contribution in [0.2, 0.25) is 0 Å². The maximum absolute atomic E-state index is 13.9. The van der Waals surface area contributed by atoms with Crippen LogP contribution in [0.4, 0.5) is 0 Å². The first-order valence-electron chi connectivity index (χ1n) is 26.0. The molecule has 73 heavy (non-hydrogen) atoms. The summed E-state index contributed by atoms with van der Waals surface area (Å²) in [4.78, 5) is 133. The highest BCUT2D eigenvalue weighted by atomic mass is 16.2. The Kier molecular flexibility index (Phi) is 33.7. The van der Waals surface area contributed by atoms with Gasteiger partial charge in [0.05, 0.1) is 6.04 Å². The number of carbonyl (C=O) groups excluding carboxylic acids is 10. The van der Waals surface area contributed by atoms with Gasteiger partial charge >= 0.3 is 0 Å². The quantitative estimate of drug-likeness (QED) is 0.0299. The van der Waals surface area contributed by atoms with Crippen molar-refractivity contribution in [1.29, 1.82) is 0 Å². The molecule has 0 aliphatic carbocycles. The summed E-state index contributed by atoms with van der Waals surface area (Å²) >= 11 is 0. The summed E-state index contributed by atoms with van der Waals surface area (Å²) in [5.41, 5.74) is 22.3. The number of carbonyl (C=O) groups is 10. The third-order valence-corrected chi connectivity index (χ3v) is 11.8. The minimum Gasteiger partial charge on any atom is -0.368 e. The highest BCUT2D eigenvalue weighted by Crippen LogP contribution is 2.12. The summed E-state index contributed by atoms with van der Waals surface area (Å²) in [6.45, 7) is 17.9. The van der Waals surface area contributed by atoms with Gasteiger partial charge in [-0.2, -0.15) is 0 Å². The molecule has 0 aliphatic heterocycles. The van der Waals surface area contributed by atoms with E-state index in [9.17, 15) is 47.9 Å². The molecule has 10 unspecified atom stereocenters. The summed E-state index contributed by atoms with van der Waals surface area (Å²) in [5.74, 6) is -6.79. The number of amides is 10. The highest BCUT2D eigenvalue weighted by molar-refractivity contribution is 5.98. The van der Waals surface area contributed by atoms with Gasteiger partial charge in [0.1, 0.15) is 54.4 Å². The average Bonchev–Trinajstić information content (AvgIpc) is 3.30. The van der Waals surface area contributed by atoms with E-state index in [1.807, 2.05) is 41.5 Å². The largest absolute Gasteiger partial charge is 0.368 e. The SMILES string of the molecule is CNC(CCCCN)C(=O)NC(C)C(=O)NC(CC(C)C)C(=O)NC(CCCCN)C(=O)NC(C)C(=O)NC(C)C(=O)NC(CC(C)C)C(=O)NC(CCCCN)C(=O)NC(CC(C)C)C(=O)NC(C)C(N)=O. The van der Waals surface area contributed by atoms with E-state index in [-0.39, 0.29) is 55.8 Å². The van der Waals surface area contributed by atoms with Crippen molar-refractivity contribution in [2.45, 2.75) is 207 Å². The molecule has 0 aliphatic rings. The lowest BCUT2D eigenvalue weighted by Gasteiger charge is -2.28. The number of nitrogens with two attached hydrogens (primary N) is 4. The number of unbranched alkanes of at least 4 members (excludes halogenated alkanes) is 3. The van der Waals surface area contributed by atoms with Gasteiger partial charge in [-0.25, -0.2) is 0 Å². The molecule has 0 bridgehead atoms. The van der Waals surface area contributed by atoms with Gasteiger partial charge in [0.15, 0.2) is 0 Å². The Morgan fingerprint density at radius 1 is 0.315 bits per heavy atom. The van der Waals surface area contributed by atoms with Gasteiger partial charge in [-0.15, -0.1) is 0 Å². The second kappa shape index (κ2) is 36.5. The molecule has 24 heteroatoms. The minimum atomic E-state index is -1.22. The first-order valence-corrected chi connectivity index (χ1v) is 26.0. The molecule has 24 nitrogen and oxygen atoms in total. The summed E-state index contributed by atoms with van der Waals surface area (Å²) in [6.07, 6.45) is 4.78. The zero-order valence-electron chi connectivity index (χ0n) is 45.5. The van der Waals surface area contributed by atoms with Crippen LogP contribution < -0.4 is 76.1 Å². The minimum absolute atomic E-state index is 0.0450. The Morgan fingerprint density at radius 3 is 0.863 bits per heavy atom. The Bertz CT molecular complexity index is 1770. The van der Waals surface area contributed by atoms with Crippen molar-refractivity contribution < 1.29 is 47.9 Å². The van der Waals surface area contributed by atoms with Crippen LogP contribution in [0.5, 0.6) is 0 Å². The first kappa shape index (κ1) is 67.5. The van der Waals surface area contributed by atoms with Crippen molar-refractivity contribution in [1.82, 2.24) is 53.2 Å². The Balaban J connectivity index is 6.09. The molecule has 10 atom stereocenters. The molecular formula is C49H94N14O10. The fourth-order valence-corrected chi connectivity index (χ4v) is 7.49. The van der Waals surface area contributed by atoms with Crippen molar-refractivity contribution in [3.8, 4) is 0 Å². The van der Waals surface area contributed by atoms with E-state index < -0.39 is 114 Å². The van der Waals surface area contributed by atoms with Crippen LogP contribution in [-0.2, 0) is 47.9 Å². The molecule has 18 N–H and O–H groups in total. The number of nitrogens with one attached hydrogen (secondary N) is 10. The summed E-state index contributed by atoms with van der Waals surface area (Å²) in [6, 6.07) is -10.6. The van der Waals surface area contributed by atoms with Gasteiger partial charge in [0.25, 0.3) is 0 Å². The maximum atomic E-state index is 13.9. The van der Waals surface area contributed by atoms with E-state index in [0.29, 0.717) is 58.2 Å². The molecule has 0 aromatic carbocycles. The number of hydrogen-bond donors (Lipinski definition) is 14. The molecule has 0 fully saturated rings. The van der Waals surface area contributed by atoms with Crippen LogP contribution in [0.15, 0.2) is 0 Å². The summed E-state index contributed by atoms with van der Waals surface area (Å²) in [5, 5.41) is 26.8. The number of likely N-dealkylation sites (N-methyl/N-ethyl adjacent to an activating group) is 1. The molecular weight excluding hydrogens is 945 g/mol. The first-order chi connectivity index (χ1) is 34.2. The van der Waals surface area contributed by atoms with E-state index >= 15 is 0 Å². The van der Waals surface area contributed by atoms with E-state index in [4.69, 9.17) is 22.9 Å². The number of primary amides is 1. The smallest absolute Gasteiger partial charge is 0.243 e. The normalized spacial score (nSPS) is 15.5. The number of hydrogen-bond acceptors (Lipinski definition) is 14. The lowest BCUT2D eigenvalue weighted by molar-refractivity contribution is -0.136. The second-order valence-electron chi connectivity index (χ2n) is 20.2. The lowest BCUT2D eigenvalue weighted by Crippen LogP contribution is -2.60. The summed E-state index contributed by atoms with van der Waals surface area (Å²) < 4.78 is 0. The predicted molar refractivity (Wildman–Crippen MR) is 279 cm³/mol. The molecule has 0 saturated carbocycles. The monoisotopic (exact) mass is 1040 g/mol. The molecule has 0 aromatic heterocycles. The van der Waals surface area contributed by atoms with E-state index in [1.165, 1.54) is 27.7 Å². The van der Waals surface area contributed by atoms with Crippen molar-refractivity contribution in [3.05, 3.63) is 0 Å². The fourth-order valence-electron chi connectivity index (χ4n) is 7.49. The van der Waals surface area contributed by atoms with Crippen LogP contribution in [0.3, 0.4) is 0 Å². The molecule has 0 radical (unpaired) electrons. The Morgan fingerprint density at radius 2 is 0.548 bits per heavy atom. The third kappa shape index (κ3) is 28.0. The predicted octanol–water partition coefficient (Wildman–Crippen LogP) is -1.97. The fraction of sp³-hybridized carbons (Fsp3) is 0.796. The van der Waals surface area contributed by atoms with E-state index in [2.05, 4.69) is 53.2 Å². The number of rotatable bonds is 38. The standard InChI is InChI=1S/C49H94N14O10/c1-27(2)24-37(47(71)55-30(7)40(53)64)63-46(70)36(20-14-17-23-52)60-49(73)39(26-29(5)6)61-42(66)32(9)56-41(65)31(8)58-45(69)35(19-13-16-22-51)59-48(72)38(25-28(3)4)62-43(67)33(10)57-44(68)34(54-11)18-12-15-21-50/h27-39,54H,12-26,50-52H2,1-11H3,(H2,53,64)(H,55,71)(H,56,65)(H,57,68)(H,58,69)(H,59,72)(H,60,73)(H,61,66)(H,62,67)(H,63,70). The zero-order valence-corrected chi connectivity index (χ0v) is 45.5. The highest BCUT2D eigenvalue weighted by Gasteiger charge is 2.34. The summed E-state index contributed by atoms with van der Waals surface area (Å²) in [7, 11) is 1.64. The maximum Gasteiger partial charge on any atom is 0.243 e. The average molecular weight is 1040 g/mol. The topological polar surface area (TPSA) is 395 Å². The molecule has 420 valence electrons. The molecule has 0 heterocycles. The van der Waals surface area contributed by atoms with Gasteiger partial charge in [0.2, 0.25) is 59.1 Å². The van der Waals surface area contributed by atoms with Gasteiger partial charge in [-0.05, 0) is 143 Å². The van der Waals surface area contributed by atoms with E-state index in [0.717, 1.165) is 6.42 Å². The third-order valence-electron chi connectivity index (χ3n) is 11.8. The molecule has 10 amide bonds. The van der Waals surface area contributed by atoms with Gasteiger partial charge in [-0.3, -0.25) is 47.9 Å². The molecule has 0 saturated heterocycles. The zero-order chi connectivity index (χ0) is 56.0. The second-order valence-corrected chi connectivity index (χ2v) is 20.2. The van der Waals surface area contributed by atoms with Crippen LogP contribution in [-0.4, -0.2) is 146 Å².